The number of hydrogen-bond donors (Lipinski definition) is 2. The smallest absolute Gasteiger partial charge is 0.338 e. The molecule has 0 aromatic heterocycles. The second-order valence-corrected chi connectivity index (χ2v) is 4.87. The van der Waals surface area contributed by atoms with Gasteiger partial charge in [-0.3, -0.25) is 0 Å². The van der Waals surface area contributed by atoms with Gasteiger partial charge in [-0.25, -0.2) is 9.59 Å². The van der Waals surface area contributed by atoms with Gasteiger partial charge in [0.25, 0.3) is 0 Å². The Morgan fingerprint density at radius 2 is 1.83 bits per heavy atom. The van der Waals surface area contributed by atoms with Crippen LogP contribution in [0.2, 0.25) is 0 Å². The predicted molar refractivity (Wildman–Crippen MR) is 86.6 cm³/mol. The molecular weight excluding hydrogens is 296 g/mol. The van der Waals surface area contributed by atoms with Gasteiger partial charge in [-0.05, 0) is 37.3 Å². The van der Waals surface area contributed by atoms with E-state index in [-0.39, 0.29) is 13.2 Å². The van der Waals surface area contributed by atoms with Gasteiger partial charge in [-0.2, -0.15) is 0 Å². The number of nitrogens with one attached hydrogen (secondary N) is 1. The number of amides is 2. The molecule has 120 valence electrons. The zero-order chi connectivity index (χ0) is 16.7. The summed E-state index contributed by atoms with van der Waals surface area (Å²) in [6, 6.07) is 13.3. The Bertz CT molecular complexity index is 683. The van der Waals surface area contributed by atoms with E-state index in [9.17, 15) is 9.59 Å². The minimum absolute atomic E-state index is 0.125. The number of carbonyl (C=O) groups is 2. The largest absolute Gasteiger partial charge is 0.490 e. The maximum Gasteiger partial charge on any atom is 0.338 e. The molecule has 2 rings (SSSR count). The first kappa shape index (κ1) is 16.4. The highest BCUT2D eigenvalue weighted by atomic mass is 16.6. The van der Waals surface area contributed by atoms with Gasteiger partial charge in [0.05, 0.1) is 5.56 Å². The van der Waals surface area contributed by atoms with E-state index in [1.807, 2.05) is 31.2 Å². The van der Waals surface area contributed by atoms with Crippen LogP contribution in [0.5, 0.6) is 5.75 Å². The van der Waals surface area contributed by atoms with Crippen LogP contribution in [0.4, 0.5) is 10.5 Å². The molecule has 0 atom stereocenters. The average molecular weight is 314 g/mol. The van der Waals surface area contributed by atoms with Crippen molar-refractivity contribution in [3.8, 4) is 5.75 Å². The summed E-state index contributed by atoms with van der Waals surface area (Å²) in [4.78, 5) is 22.7. The first-order valence-corrected chi connectivity index (χ1v) is 7.08. The molecule has 0 radical (unpaired) electrons. The zero-order valence-electron chi connectivity index (χ0n) is 12.7. The standard InChI is InChI=1S/C17H18N2O4/c1-12-5-7-15(8-6-12)22-9-10-23-16(20)13-3-2-4-14(11-13)19-17(18)21/h2-8,11H,9-10H2,1H3,(H3,18,19,21). The minimum Gasteiger partial charge on any atom is -0.490 e. The number of primary amides is 1. The maximum absolute atomic E-state index is 11.9. The summed E-state index contributed by atoms with van der Waals surface area (Å²) in [5.41, 5.74) is 6.94. The van der Waals surface area contributed by atoms with E-state index in [0.717, 1.165) is 11.3 Å². The molecule has 0 spiro atoms. The molecule has 0 saturated carbocycles. The van der Waals surface area contributed by atoms with Gasteiger partial charge in [-0.1, -0.05) is 23.8 Å². The van der Waals surface area contributed by atoms with Crippen molar-refractivity contribution < 1.29 is 19.1 Å². The van der Waals surface area contributed by atoms with Crippen LogP contribution in [0.15, 0.2) is 48.5 Å². The van der Waals surface area contributed by atoms with E-state index >= 15 is 0 Å². The summed E-state index contributed by atoms with van der Waals surface area (Å²) in [7, 11) is 0. The van der Waals surface area contributed by atoms with Crippen molar-refractivity contribution in [2.75, 3.05) is 18.5 Å². The Hall–Kier alpha value is -3.02. The van der Waals surface area contributed by atoms with Crippen LogP contribution in [-0.4, -0.2) is 25.2 Å². The molecule has 0 unspecified atom stereocenters. The van der Waals surface area contributed by atoms with Gasteiger partial charge in [0.1, 0.15) is 19.0 Å². The lowest BCUT2D eigenvalue weighted by Gasteiger charge is -2.08. The number of hydrogen-bond acceptors (Lipinski definition) is 4. The average Bonchev–Trinajstić information content (AvgIpc) is 2.52. The third-order valence-corrected chi connectivity index (χ3v) is 2.97. The Morgan fingerprint density at radius 3 is 2.52 bits per heavy atom. The number of anilines is 1. The van der Waals surface area contributed by atoms with Crippen molar-refractivity contribution in [2.24, 2.45) is 5.73 Å². The number of nitrogens with two attached hydrogens (primary N) is 1. The van der Waals surface area contributed by atoms with Gasteiger partial charge in [-0.15, -0.1) is 0 Å². The molecule has 6 nitrogen and oxygen atoms in total. The van der Waals surface area contributed by atoms with Gasteiger partial charge >= 0.3 is 12.0 Å². The summed E-state index contributed by atoms with van der Waals surface area (Å²) in [6.07, 6.45) is 0. The lowest BCUT2D eigenvalue weighted by Crippen LogP contribution is -2.19. The fraction of sp³-hybridized carbons (Fsp3) is 0.176. The van der Waals surface area contributed by atoms with Crippen molar-refractivity contribution in [1.82, 2.24) is 0 Å². The number of esters is 1. The van der Waals surface area contributed by atoms with Crippen LogP contribution in [0.3, 0.4) is 0 Å². The van der Waals surface area contributed by atoms with Gasteiger partial charge in [0, 0.05) is 5.69 Å². The second kappa shape index (κ2) is 7.84. The normalized spacial score (nSPS) is 9.96. The molecule has 23 heavy (non-hydrogen) atoms. The van der Waals surface area contributed by atoms with Crippen molar-refractivity contribution in [2.45, 2.75) is 6.92 Å². The molecule has 2 aromatic carbocycles. The number of aryl methyl sites for hydroxylation is 1. The molecule has 0 aliphatic heterocycles. The van der Waals surface area contributed by atoms with Gasteiger partial charge < -0.3 is 20.5 Å². The van der Waals surface area contributed by atoms with E-state index in [2.05, 4.69) is 5.32 Å². The molecular formula is C17H18N2O4. The fourth-order valence-corrected chi connectivity index (χ4v) is 1.88. The van der Waals surface area contributed by atoms with Crippen LogP contribution in [-0.2, 0) is 4.74 Å². The number of rotatable bonds is 6. The quantitative estimate of drug-likeness (QED) is 0.633. The molecule has 3 N–H and O–H groups in total. The van der Waals surface area contributed by atoms with Crippen LogP contribution < -0.4 is 15.8 Å². The number of urea groups is 1. The van der Waals surface area contributed by atoms with E-state index < -0.39 is 12.0 Å². The monoisotopic (exact) mass is 314 g/mol. The Labute approximate surface area is 134 Å². The molecule has 0 saturated heterocycles. The molecule has 2 aromatic rings. The van der Waals surface area contributed by atoms with Crippen molar-refractivity contribution in [1.29, 1.82) is 0 Å². The SMILES string of the molecule is Cc1ccc(OCCOC(=O)c2cccc(NC(N)=O)c2)cc1. The first-order valence-electron chi connectivity index (χ1n) is 7.08. The highest BCUT2D eigenvalue weighted by Gasteiger charge is 2.08. The first-order chi connectivity index (χ1) is 11.0. The van der Waals surface area contributed by atoms with Crippen LogP contribution in [0.1, 0.15) is 15.9 Å². The summed E-state index contributed by atoms with van der Waals surface area (Å²) >= 11 is 0. The molecule has 2 amide bonds. The molecule has 6 heteroatoms. The van der Waals surface area contributed by atoms with Crippen LogP contribution in [0.25, 0.3) is 0 Å². The Kier molecular flexibility index (Phi) is 5.57. The van der Waals surface area contributed by atoms with Crippen LogP contribution in [0, 0.1) is 6.92 Å². The summed E-state index contributed by atoms with van der Waals surface area (Å²) in [5, 5.41) is 2.40. The van der Waals surface area contributed by atoms with Gasteiger partial charge in [0.15, 0.2) is 0 Å². The summed E-state index contributed by atoms with van der Waals surface area (Å²) in [5.74, 6) is 0.227. The topological polar surface area (TPSA) is 90.7 Å². The van der Waals surface area contributed by atoms with E-state index in [1.54, 1.807) is 18.2 Å². The summed E-state index contributed by atoms with van der Waals surface area (Å²) in [6.45, 7) is 2.38. The predicted octanol–water partition coefficient (Wildman–Crippen LogP) is 2.72. The van der Waals surface area contributed by atoms with E-state index in [0.29, 0.717) is 11.3 Å². The highest BCUT2D eigenvalue weighted by Crippen LogP contribution is 2.13. The third-order valence-electron chi connectivity index (χ3n) is 2.97. The summed E-state index contributed by atoms with van der Waals surface area (Å²) < 4.78 is 10.6. The van der Waals surface area contributed by atoms with Crippen molar-refractivity contribution in [3.05, 3.63) is 59.7 Å². The minimum atomic E-state index is -0.693. The maximum atomic E-state index is 11.9. The molecule has 0 aliphatic carbocycles. The van der Waals surface area contributed by atoms with E-state index in [4.69, 9.17) is 15.2 Å². The van der Waals surface area contributed by atoms with E-state index in [1.165, 1.54) is 6.07 Å². The fourth-order valence-electron chi connectivity index (χ4n) is 1.88. The second-order valence-electron chi connectivity index (χ2n) is 4.87. The zero-order valence-corrected chi connectivity index (χ0v) is 12.7. The molecule has 0 bridgehead atoms. The Morgan fingerprint density at radius 1 is 1.09 bits per heavy atom. The Balaban J connectivity index is 1.80. The highest BCUT2D eigenvalue weighted by molar-refractivity contribution is 5.93. The number of carbonyl (C=O) groups excluding carboxylic acids is 2. The molecule has 0 aliphatic rings. The number of ether oxygens (including phenoxy) is 2. The van der Waals surface area contributed by atoms with Crippen molar-refractivity contribution >= 4 is 17.7 Å². The number of benzene rings is 2. The van der Waals surface area contributed by atoms with Crippen molar-refractivity contribution in [3.63, 3.8) is 0 Å². The molecule has 0 fully saturated rings. The van der Waals surface area contributed by atoms with Crippen LogP contribution >= 0.6 is 0 Å². The lowest BCUT2D eigenvalue weighted by atomic mass is 10.2. The van der Waals surface area contributed by atoms with Gasteiger partial charge in [0.2, 0.25) is 0 Å². The third kappa shape index (κ3) is 5.35. The lowest BCUT2D eigenvalue weighted by molar-refractivity contribution is 0.0450. The molecule has 0 heterocycles.